The van der Waals surface area contributed by atoms with Crippen molar-refractivity contribution in [2.75, 3.05) is 17.7 Å². The summed E-state index contributed by atoms with van der Waals surface area (Å²) in [6.07, 6.45) is 4.01. The number of fused-ring (bicyclic) bond motifs is 1. The van der Waals surface area contributed by atoms with Crippen molar-refractivity contribution in [3.8, 4) is 5.75 Å². The Bertz CT molecular complexity index is 865. The van der Waals surface area contributed by atoms with Gasteiger partial charge in [-0.2, -0.15) is 0 Å². The Labute approximate surface area is 164 Å². The largest absolute Gasteiger partial charge is 0.495 e. The Morgan fingerprint density at radius 2 is 1.78 bits per heavy atom. The average molecular weight is 387 g/mol. The zero-order valence-electron chi connectivity index (χ0n) is 16.3. The van der Waals surface area contributed by atoms with Gasteiger partial charge in [-0.15, -0.1) is 11.3 Å². The van der Waals surface area contributed by atoms with E-state index in [2.05, 4.69) is 10.6 Å². The van der Waals surface area contributed by atoms with Gasteiger partial charge in [-0.1, -0.05) is 32.9 Å². The minimum Gasteiger partial charge on any atom is -0.495 e. The molecule has 2 amide bonds. The van der Waals surface area contributed by atoms with Gasteiger partial charge >= 0.3 is 0 Å². The first-order valence-electron chi connectivity index (χ1n) is 9.21. The van der Waals surface area contributed by atoms with Gasteiger partial charge < -0.3 is 15.4 Å². The number of rotatable bonds is 4. The molecule has 0 saturated carbocycles. The van der Waals surface area contributed by atoms with Crippen molar-refractivity contribution in [2.45, 2.75) is 46.5 Å². The van der Waals surface area contributed by atoms with Gasteiger partial charge in [0.05, 0.1) is 18.4 Å². The molecule has 0 bridgehead atoms. The van der Waals surface area contributed by atoms with Crippen LogP contribution in [0.5, 0.6) is 5.75 Å². The van der Waals surface area contributed by atoms with E-state index >= 15 is 0 Å². The Kier molecular flexibility index (Phi) is 5.56. The van der Waals surface area contributed by atoms with Crippen molar-refractivity contribution < 1.29 is 14.3 Å². The predicted molar refractivity (Wildman–Crippen MR) is 110 cm³/mol. The highest BCUT2D eigenvalue weighted by Gasteiger charge is 2.29. The number of hydrogen-bond donors (Lipinski definition) is 2. The maximum absolute atomic E-state index is 13.2. The summed E-state index contributed by atoms with van der Waals surface area (Å²) in [5.41, 5.74) is 1.76. The zero-order valence-corrected chi connectivity index (χ0v) is 17.1. The molecule has 0 aliphatic heterocycles. The maximum Gasteiger partial charge on any atom is 0.259 e. The van der Waals surface area contributed by atoms with Crippen LogP contribution >= 0.6 is 11.3 Å². The summed E-state index contributed by atoms with van der Waals surface area (Å²) in [4.78, 5) is 26.9. The Balaban J connectivity index is 1.96. The highest BCUT2D eigenvalue weighted by molar-refractivity contribution is 7.17. The van der Waals surface area contributed by atoms with Gasteiger partial charge in [-0.3, -0.25) is 9.59 Å². The topological polar surface area (TPSA) is 67.4 Å². The molecule has 1 aliphatic rings. The third-order valence-electron chi connectivity index (χ3n) is 4.66. The molecule has 3 rings (SSSR count). The Morgan fingerprint density at radius 3 is 2.48 bits per heavy atom. The van der Waals surface area contributed by atoms with E-state index in [1.165, 1.54) is 16.2 Å². The minimum atomic E-state index is -0.527. The third kappa shape index (κ3) is 4.16. The summed E-state index contributed by atoms with van der Waals surface area (Å²) < 4.78 is 5.33. The second-order valence-corrected chi connectivity index (χ2v) is 8.88. The molecule has 1 aromatic heterocycles. The van der Waals surface area contributed by atoms with Gasteiger partial charge in [-0.25, -0.2) is 0 Å². The fourth-order valence-corrected chi connectivity index (χ4v) is 4.40. The molecule has 0 radical (unpaired) electrons. The van der Waals surface area contributed by atoms with Crippen LogP contribution in [0.4, 0.5) is 10.7 Å². The molecule has 5 nitrogen and oxygen atoms in total. The molecule has 6 heteroatoms. The van der Waals surface area contributed by atoms with Gasteiger partial charge in [0.15, 0.2) is 0 Å². The molecule has 2 aromatic rings. The fourth-order valence-electron chi connectivity index (χ4n) is 3.12. The lowest BCUT2D eigenvalue weighted by molar-refractivity contribution is -0.123. The molecule has 0 unspecified atom stereocenters. The fraction of sp³-hybridized carbons (Fsp3) is 0.429. The molecule has 0 saturated heterocycles. The molecule has 2 N–H and O–H groups in total. The summed E-state index contributed by atoms with van der Waals surface area (Å²) in [6.45, 7) is 5.60. The van der Waals surface area contributed by atoms with Crippen molar-refractivity contribution in [2.24, 2.45) is 5.41 Å². The molecule has 1 aromatic carbocycles. The molecule has 144 valence electrons. The van der Waals surface area contributed by atoms with Crippen LogP contribution in [0.15, 0.2) is 24.3 Å². The number of ether oxygens (including phenoxy) is 1. The highest BCUT2D eigenvalue weighted by Crippen LogP contribution is 2.39. The molecular weight excluding hydrogens is 360 g/mol. The summed E-state index contributed by atoms with van der Waals surface area (Å²) in [5, 5.41) is 6.60. The summed E-state index contributed by atoms with van der Waals surface area (Å²) in [7, 11) is 1.58. The van der Waals surface area contributed by atoms with Crippen LogP contribution in [0.2, 0.25) is 0 Å². The van der Waals surface area contributed by atoms with Crippen LogP contribution in [-0.2, 0) is 17.6 Å². The number of hydrogen-bond acceptors (Lipinski definition) is 4. The number of aryl methyl sites for hydroxylation is 1. The maximum atomic E-state index is 13.2. The van der Waals surface area contributed by atoms with E-state index in [0.29, 0.717) is 22.0 Å². The van der Waals surface area contributed by atoms with E-state index in [4.69, 9.17) is 4.74 Å². The van der Waals surface area contributed by atoms with Gasteiger partial charge in [0.1, 0.15) is 10.8 Å². The monoisotopic (exact) mass is 386 g/mol. The van der Waals surface area contributed by atoms with Crippen LogP contribution in [0.1, 0.15) is 54.4 Å². The van der Waals surface area contributed by atoms with E-state index in [9.17, 15) is 9.59 Å². The van der Waals surface area contributed by atoms with Crippen molar-refractivity contribution in [3.63, 3.8) is 0 Å². The zero-order chi connectivity index (χ0) is 19.6. The third-order valence-corrected chi connectivity index (χ3v) is 5.87. The molecule has 0 atom stereocenters. The van der Waals surface area contributed by atoms with Gasteiger partial charge in [0, 0.05) is 10.3 Å². The second kappa shape index (κ2) is 7.72. The molecular formula is C21H26N2O3S. The Morgan fingerprint density at radius 1 is 1.07 bits per heavy atom. The number of methoxy groups -OCH3 is 1. The van der Waals surface area contributed by atoms with E-state index in [1.807, 2.05) is 39.0 Å². The van der Waals surface area contributed by atoms with Gasteiger partial charge in [0.25, 0.3) is 5.91 Å². The van der Waals surface area contributed by atoms with Crippen LogP contribution in [0.25, 0.3) is 0 Å². The molecule has 27 heavy (non-hydrogen) atoms. The number of carbonyl (C=O) groups is 2. The second-order valence-electron chi connectivity index (χ2n) is 7.77. The average Bonchev–Trinajstić information content (AvgIpc) is 2.99. The molecule has 0 fully saturated rings. The molecule has 1 heterocycles. The number of benzene rings is 1. The van der Waals surface area contributed by atoms with Crippen LogP contribution in [0.3, 0.4) is 0 Å². The standard InChI is InChI=1S/C21H26N2O3S/c1-21(2,3)20(25)23-19-17(13-9-5-8-12-16(13)27-19)18(24)22-14-10-6-7-11-15(14)26-4/h6-7,10-11H,5,8-9,12H2,1-4H3,(H,22,24)(H,23,25). The van der Waals surface area contributed by atoms with Crippen LogP contribution < -0.4 is 15.4 Å². The number of anilines is 2. The van der Waals surface area contributed by atoms with Crippen molar-refractivity contribution in [1.29, 1.82) is 0 Å². The lowest BCUT2D eigenvalue weighted by Gasteiger charge is -2.18. The Hall–Kier alpha value is -2.34. The minimum absolute atomic E-state index is 0.0903. The number of amides is 2. The van der Waals surface area contributed by atoms with Gasteiger partial charge in [-0.05, 0) is 43.4 Å². The van der Waals surface area contributed by atoms with E-state index in [1.54, 1.807) is 13.2 Å². The van der Waals surface area contributed by atoms with Crippen LogP contribution in [-0.4, -0.2) is 18.9 Å². The predicted octanol–water partition coefficient (Wildman–Crippen LogP) is 4.87. The first kappa shape index (κ1) is 19.4. The van der Waals surface area contributed by atoms with Crippen molar-refractivity contribution >= 4 is 33.8 Å². The summed E-state index contributed by atoms with van der Waals surface area (Å²) in [6, 6.07) is 7.32. The normalized spacial score (nSPS) is 13.6. The SMILES string of the molecule is COc1ccccc1NC(=O)c1c(NC(=O)C(C)(C)C)sc2c1CCCC2. The summed E-state index contributed by atoms with van der Waals surface area (Å²) >= 11 is 1.53. The number of carbonyl (C=O) groups excluding carboxylic acids is 2. The highest BCUT2D eigenvalue weighted by atomic mass is 32.1. The van der Waals surface area contributed by atoms with Crippen molar-refractivity contribution in [3.05, 3.63) is 40.3 Å². The number of thiophene rings is 1. The summed E-state index contributed by atoms with van der Waals surface area (Å²) in [5.74, 6) is 0.311. The lowest BCUT2D eigenvalue weighted by atomic mass is 9.94. The molecule has 0 spiro atoms. The number of para-hydroxylation sites is 2. The smallest absolute Gasteiger partial charge is 0.259 e. The first-order valence-corrected chi connectivity index (χ1v) is 10.0. The first-order chi connectivity index (χ1) is 12.8. The van der Waals surface area contributed by atoms with E-state index < -0.39 is 5.41 Å². The lowest BCUT2D eigenvalue weighted by Crippen LogP contribution is -2.28. The molecule has 1 aliphatic carbocycles. The van der Waals surface area contributed by atoms with E-state index in [0.717, 1.165) is 31.2 Å². The van der Waals surface area contributed by atoms with Crippen molar-refractivity contribution in [1.82, 2.24) is 0 Å². The van der Waals surface area contributed by atoms with Gasteiger partial charge in [0.2, 0.25) is 5.91 Å². The quantitative estimate of drug-likeness (QED) is 0.787. The van der Waals surface area contributed by atoms with Crippen LogP contribution in [0, 0.1) is 5.41 Å². The van der Waals surface area contributed by atoms with E-state index in [-0.39, 0.29) is 11.8 Å². The number of nitrogens with one attached hydrogen (secondary N) is 2.